The van der Waals surface area contributed by atoms with Gasteiger partial charge in [0.2, 0.25) is 5.91 Å². The van der Waals surface area contributed by atoms with Crippen LogP contribution >= 0.6 is 0 Å². The number of nitrogens with zero attached hydrogens (tertiary/aromatic N) is 3. The highest BCUT2D eigenvalue weighted by molar-refractivity contribution is 5.92. The van der Waals surface area contributed by atoms with Crippen LogP contribution in [-0.4, -0.2) is 5.91 Å². The Labute approximate surface area is 135 Å². The third-order valence-electron chi connectivity index (χ3n) is 3.05. The van der Waals surface area contributed by atoms with Gasteiger partial charge in [-0.05, 0) is 30.5 Å². The fourth-order valence-corrected chi connectivity index (χ4v) is 1.90. The van der Waals surface area contributed by atoms with Crippen LogP contribution in [0.4, 0.5) is 11.4 Å². The zero-order valence-corrected chi connectivity index (χ0v) is 13.3. The highest BCUT2D eigenvalue weighted by Gasteiger charge is 2.12. The molecule has 2 N–H and O–H groups in total. The van der Waals surface area contributed by atoms with Crippen molar-refractivity contribution < 1.29 is 4.79 Å². The Bertz CT molecular complexity index is 741. The Morgan fingerprint density at radius 1 is 1.09 bits per heavy atom. The molecule has 1 aromatic rings. The molecule has 116 valence electrons. The summed E-state index contributed by atoms with van der Waals surface area (Å²) in [6, 6.07) is 10.3. The van der Waals surface area contributed by atoms with Crippen molar-refractivity contribution in [1.82, 2.24) is 0 Å². The maximum atomic E-state index is 11.9. The first-order chi connectivity index (χ1) is 10.9. The molecule has 0 saturated heterocycles. The van der Waals surface area contributed by atoms with Gasteiger partial charge in [0.05, 0.1) is 0 Å². The number of nitriles is 3. The van der Waals surface area contributed by atoms with Crippen molar-refractivity contribution in [3.63, 3.8) is 0 Å². The van der Waals surface area contributed by atoms with Crippen molar-refractivity contribution in [2.45, 2.75) is 27.2 Å². The average molecular weight is 307 g/mol. The first kappa shape index (κ1) is 17.8. The van der Waals surface area contributed by atoms with E-state index in [1.165, 1.54) is 0 Å². The van der Waals surface area contributed by atoms with Gasteiger partial charge in [-0.2, -0.15) is 15.8 Å². The minimum absolute atomic E-state index is 0.0916. The van der Waals surface area contributed by atoms with Crippen molar-refractivity contribution in [1.29, 1.82) is 15.8 Å². The molecule has 1 aromatic carbocycles. The molecule has 23 heavy (non-hydrogen) atoms. The van der Waals surface area contributed by atoms with Gasteiger partial charge < -0.3 is 10.6 Å². The molecule has 0 saturated carbocycles. The van der Waals surface area contributed by atoms with Crippen LogP contribution in [0.25, 0.3) is 0 Å². The number of rotatable bonds is 5. The number of amides is 1. The van der Waals surface area contributed by atoms with Gasteiger partial charge >= 0.3 is 0 Å². The monoisotopic (exact) mass is 307 g/mol. The molecule has 0 heterocycles. The molecule has 0 aliphatic heterocycles. The van der Waals surface area contributed by atoms with Crippen LogP contribution < -0.4 is 10.6 Å². The summed E-state index contributed by atoms with van der Waals surface area (Å²) in [4.78, 5) is 11.9. The van der Waals surface area contributed by atoms with Gasteiger partial charge in [-0.1, -0.05) is 19.9 Å². The van der Waals surface area contributed by atoms with Gasteiger partial charge in [0.15, 0.2) is 5.57 Å². The van der Waals surface area contributed by atoms with Crippen molar-refractivity contribution in [3.05, 3.63) is 35.0 Å². The lowest BCUT2D eigenvalue weighted by molar-refractivity contribution is -0.116. The predicted octanol–water partition coefficient (Wildman–Crippen LogP) is 3.22. The largest absolute Gasteiger partial charge is 0.345 e. The average Bonchev–Trinajstić information content (AvgIpc) is 2.50. The van der Waals surface area contributed by atoms with Crippen molar-refractivity contribution in [2.75, 3.05) is 10.6 Å². The molecule has 6 nitrogen and oxygen atoms in total. The third-order valence-corrected chi connectivity index (χ3v) is 3.05. The zero-order chi connectivity index (χ0) is 17.4. The number of anilines is 2. The number of hydrogen-bond donors (Lipinski definition) is 2. The quantitative estimate of drug-likeness (QED) is 0.811. The summed E-state index contributed by atoms with van der Waals surface area (Å²) >= 11 is 0. The molecule has 1 amide bonds. The van der Waals surface area contributed by atoms with Crippen LogP contribution in [0.3, 0.4) is 0 Å². The number of benzene rings is 1. The van der Waals surface area contributed by atoms with E-state index in [0.29, 0.717) is 23.4 Å². The summed E-state index contributed by atoms with van der Waals surface area (Å²) < 4.78 is 0. The zero-order valence-electron chi connectivity index (χ0n) is 13.3. The molecule has 0 unspecified atom stereocenters. The summed E-state index contributed by atoms with van der Waals surface area (Å²) in [5.74, 6) is 0.157. The van der Waals surface area contributed by atoms with E-state index in [4.69, 9.17) is 15.8 Å². The summed E-state index contributed by atoms with van der Waals surface area (Å²) in [6.45, 7) is 5.69. The van der Waals surface area contributed by atoms with Crippen LogP contribution in [0.1, 0.15) is 25.8 Å². The molecule has 0 radical (unpaired) electrons. The molecule has 6 heteroatoms. The SMILES string of the molecule is Cc1c(NC(=O)CC(C)C)cccc1NC(C#N)=C(C#N)C#N. The van der Waals surface area contributed by atoms with E-state index < -0.39 is 0 Å². The minimum Gasteiger partial charge on any atom is -0.345 e. The highest BCUT2D eigenvalue weighted by atomic mass is 16.1. The first-order valence-corrected chi connectivity index (χ1v) is 7.04. The molecular formula is C17H17N5O. The topological polar surface area (TPSA) is 112 Å². The van der Waals surface area contributed by atoms with E-state index in [2.05, 4.69) is 10.6 Å². The summed E-state index contributed by atoms with van der Waals surface area (Å²) in [6.07, 6.45) is 0.410. The van der Waals surface area contributed by atoms with Crippen LogP contribution in [-0.2, 0) is 4.79 Å². The van der Waals surface area contributed by atoms with Crippen LogP contribution in [0.15, 0.2) is 29.5 Å². The van der Waals surface area contributed by atoms with E-state index >= 15 is 0 Å². The van der Waals surface area contributed by atoms with Crippen molar-refractivity contribution in [3.8, 4) is 18.2 Å². The van der Waals surface area contributed by atoms with Crippen molar-refractivity contribution in [2.24, 2.45) is 5.92 Å². The number of carbonyl (C=O) groups excluding carboxylic acids is 1. The first-order valence-electron chi connectivity index (χ1n) is 7.04. The van der Waals surface area contributed by atoms with Crippen molar-refractivity contribution >= 4 is 17.3 Å². The van der Waals surface area contributed by atoms with Gasteiger partial charge in [0, 0.05) is 17.8 Å². The van der Waals surface area contributed by atoms with E-state index in [-0.39, 0.29) is 23.1 Å². The van der Waals surface area contributed by atoms with Gasteiger partial charge in [-0.15, -0.1) is 0 Å². The minimum atomic E-state index is -0.291. The maximum Gasteiger partial charge on any atom is 0.224 e. The lowest BCUT2D eigenvalue weighted by Gasteiger charge is -2.14. The van der Waals surface area contributed by atoms with Gasteiger partial charge in [-0.25, -0.2) is 0 Å². The lowest BCUT2D eigenvalue weighted by atomic mass is 10.1. The lowest BCUT2D eigenvalue weighted by Crippen LogP contribution is -2.15. The van der Waals surface area contributed by atoms with E-state index in [1.54, 1.807) is 43.3 Å². The van der Waals surface area contributed by atoms with E-state index in [0.717, 1.165) is 0 Å². The molecular weight excluding hydrogens is 290 g/mol. The second-order valence-corrected chi connectivity index (χ2v) is 5.33. The Morgan fingerprint density at radius 3 is 2.13 bits per heavy atom. The number of carbonyl (C=O) groups is 1. The smallest absolute Gasteiger partial charge is 0.224 e. The molecule has 0 aliphatic carbocycles. The van der Waals surface area contributed by atoms with E-state index in [1.807, 2.05) is 13.8 Å². The van der Waals surface area contributed by atoms with Crippen LogP contribution in [0.2, 0.25) is 0 Å². The summed E-state index contributed by atoms with van der Waals surface area (Å²) in [5.41, 5.74) is 1.47. The Kier molecular flexibility index (Phi) is 6.34. The van der Waals surface area contributed by atoms with Crippen LogP contribution in [0, 0.1) is 46.8 Å². The number of nitrogens with one attached hydrogen (secondary N) is 2. The Morgan fingerprint density at radius 2 is 1.65 bits per heavy atom. The molecule has 0 aliphatic rings. The van der Waals surface area contributed by atoms with Gasteiger partial charge in [0.25, 0.3) is 0 Å². The third kappa shape index (κ3) is 4.88. The second kappa shape index (κ2) is 8.22. The fourth-order valence-electron chi connectivity index (χ4n) is 1.90. The highest BCUT2D eigenvalue weighted by Crippen LogP contribution is 2.25. The molecule has 0 aromatic heterocycles. The number of allylic oxidation sites excluding steroid dienone is 2. The second-order valence-electron chi connectivity index (χ2n) is 5.33. The molecule has 0 fully saturated rings. The molecule has 0 spiro atoms. The Balaban J connectivity index is 3.09. The molecule has 0 atom stereocenters. The number of hydrogen-bond acceptors (Lipinski definition) is 5. The molecule has 1 rings (SSSR count). The summed E-state index contributed by atoms with van der Waals surface area (Å²) in [7, 11) is 0. The Hall–Kier alpha value is -3.30. The van der Waals surface area contributed by atoms with Gasteiger partial charge in [-0.3, -0.25) is 4.79 Å². The standard InChI is InChI=1S/C17H17N5O/c1-11(2)7-17(23)22-15-6-4-5-14(12(15)3)21-16(10-20)13(8-18)9-19/h4-6,11,21H,7H2,1-3H3,(H,22,23). The summed E-state index contributed by atoms with van der Waals surface area (Å²) in [5, 5.41) is 32.4. The normalized spacial score (nSPS) is 9.26. The van der Waals surface area contributed by atoms with E-state index in [9.17, 15) is 4.79 Å². The molecule has 0 bridgehead atoms. The fraction of sp³-hybridized carbons (Fsp3) is 0.294. The maximum absolute atomic E-state index is 11.9. The van der Waals surface area contributed by atoms with Gasteiger partial charge in [0.1, 0.15) is 23.9 Å². The predicted molar refractivity (Wildman–Crippen MR) is 86.8 cm³/mol. The van der Waals surface area contributed by atoms with Crippen LogP contribution in [0.5, 0.6) is 0 Å².